The van der Waals surface area contributed by atoms with Gasteiger partial charge in [0.15, 0.2) is 0 Å². The second-order valence-corrected chi connectivity index (χ2v) is 13.3. The number of aliphatic carboxylic acids is 3. The third-order valence-electron chi connectivity index (χ3n) is 8.81. The lowest BCUT2D eigenvalue weighted by molar-refractivity contribution is -0.193. The van der Waals surface area contributed by atoms with E-state index in [-0.39, 0.29) is 12.0 Å². The van der Waals surface area contributed by atoms with Gasteiger partial charge in [-0.25, -0.2) is 29.3 Å². The van der Waals surface area contributed by atoms with E-state index in [1.165, 1.54) is 6.33 Å². The fourth-order valence-corrected chi connectivity index (χ4v) is 6.03. The van der Waals surface area contributed by atoms with Crippen molar-refractivity contribution in [3.05, 3.63) is 54.4 Å². The van der Waals surface area contributed by atoms with Gasteiger partial charge in [-0.2, -0.15) is 63.0 Å². The average molecular weight is 908 g/mol. The maximum absolute atomic E-state index is 13.4. The molecule has 1 aliphatic carbocycles. The number of nitrogens with zero attached hydrogens (tertiary/aromatic N) is 7. The van der Waals surface area contributed by atoms with Crippen LogP contribution in [0, 0.1) is 11.3 Å². The highest BCUT2D eigenvalue weighted by atomic mass is 19.4. The third kappa shape index (κ3) is 13.9. The number of aromatic nitrogens is 6. The number of ether oxygens (including phenoxy) is 1. The molecule has 0 amide bonds. The van der Waals surface area contributed by atoms with Gasteiger partial charge in [0.25, 0.3) is 0 Å². The number of nitrogens with one attached hydrogen (secondary N) is 2. The first-order chi connectivity index (χ1) is 28.6. The summed E-state index contributed by atoms with van der Waals surface area (Å²) in [5.74, 6) is -8.26. The molecule has 5 N–H and O–H groups in total. The minimum atomic E-state index is -5.08. The highest BCUT2D eigenvalue weighted by Gasteiger charge is 2.48. The van der Waals surface area contributed by atoms with Crippen LogP contribution in [0.15, 0.2) is 43.1 Å². The van der Waals surface area contributed by atoms with Crippen molar-refractivity contribution in [3.8, 4) is 23.2 Å². The summed E-state index contributed by atoms with van der Waals surface area (Å²) in [7, 11) is 1.68. The number of aromatic amines is 1. The van der Waals surface area contributed by atoms with Crippen LogP contribution in [0.5, 0.6) is 5.88 Å². The molecule has 28 heteroatoms. The van der Waals surface area contributed by atoms with Gasteiger partial charge in [-0.05, 0) is 50.4 Å². The number of halogens is 12. The lowest BCUT2D eigenvalue weighted by Gasteiger charge is -2.53. The monoisotopic (exact) mass is 907 g/mol. The highest BCUT2D eigenvalue weighted by molar-refractivity contribution is 5.90. The number of hydrogen-bond acceptors (Lipinski definition) is 11. The standard InChI is InChI=1S/C28H30F3N9O.3C2HF3O2/c1-33-12-18-10-23(28(29,30)31)38-24(11-18)41-21-4-2-20(3-5-21)39-15-27(16-39,7-8-32)40-14-19(13-37-40)25-22-6-9-34-26(22)36-17-35-25;3*3-2(4,5)1(6)7/h6,9-11,13-14,17,20-21,33H,2-5,7,12,15-16H2,1H3,(H,34,35,36);3*(H,6,7)/t20-,21+;;;. The van der Waals surface area contributed by atoms with Gasteiger partial charge in [0.05, 0.1) is 24.4 Å². The van der Waals surface area contributed by atoms with Crippen LogP contribution in [-0.2, 0) is 32.6 Å². The summed E-state index contributed by atoms with van der Waals surface area (Å²) in [4.78, 5) is 44.6. The summed E-state index contributed by atoms with van der Waals surface area (Å²) < 4.78 is 143. The van der Waals surface area contributed by atoms with Crippen molar-refractivity contribution in [2.45, 2.75) is 81.0 Å². The molecule has 2 aliphatic rings. The zero-order valence-corrected chi connectivity index (χ0v) is 31.5. The molecule has 1 saturated heterocycles. The summed E-state index contributed by atoms with van der Waals surface area (Å²) in [6, 6.07) is 7.21. The lowest BCUT2D eigenvalue weighted by Crippen LogP contribution is -2.65. The van der Waals surface area contributed by atoms with Gasteiger partial charge in [-0.1, -0.05) is 0 Å². The number of rotatable bonds is 8. The van der Waals surface area contributed by atoms with Crippen molar-refractivity contribution in [1.29, 1.82) is 5.26 Å². The molecule has 0 atom stereocenters. The molecule has 0 radical (unpaired) electrons. The third-order valence-corrected chi connectivity index (χ3v) is 8.81. The van der Waals surface area contributed by atoms with Crippen LogP contribution in [0.4, 0.5) is 52.7 Å². The van der Waals surface area contributed by atoms with Crippen LogP contribution >= 0.6 is 0 Å². The minimum Gasteiger partial charge on any atom is -0.475 e. The average Bonchev–Trinajstić information content (AvgIpc) is 3.84. The molecule has 340 valence electrons. The van der Waals surface area contributed by atoms with E-state index >= 15 is 0 Å². The first kappa shape index (κ1) is 50.1. The van der Waals surface area contributed by atoms with Gasteiger partial charge < -0.3 is 30.4 Å². The van der Waals surface area contributed by atoms with Gasteiger partial charge in [0.2, 0.25) is 5.88 Å². The number of carboxylic acids is 3. The maximum atomic E-state index is 13.4. The topological polar surface area (TPSA) is 232 Å². The molecule has 6 rings (SSSR count). The Morgan fingerprint density at radius 3 is 1.94 bits per heavy atom. The van der Waals surface area contributed by atoms with Crippen molar-refractivity contribution >= 4 is 28.9 Å². The first-order valence-corrected chi connectivity index (χ1v) is 17.4. The van der Waals surface area contributed by atoms with E-state index in [0.717, 1.165) is 54.0 Å². The zero-order chi connectivity index (χ0) is 46.8. The lowest BCUT2D eigenvalue weighted by atomic mass is 9.82. The van der Waals surface area contributed by atoms with Crippen molar-refractivity contribution < 1.29 is 87.1 Å². The first-order valence-electron chi connectivity index (χ1n) is 17.4. The zero-order valence-electron chi connectivity index (χ0n) is 31.5. The quantitative estimate of drug-likeness (QED) is 0.125. The van der Waals surface area contributed by atoms with Crippen molar-refractivity contribution in [3.63, 3.8) is 0 Å². The van der Waals surface area contributed by atoms with Gasteiger partial charge in [-0.3, -0.25) is 9.58 Å². The molecule has 4 aromatic rings. The number of H-pyrrole nitrogens is 1. The van der Waals surface area contributed by atoms with Gasteiger partial charge >= 0.3 is 42.6 Å². The van der Waals surface area contributed by atoms with Gasteiger partial charge in [-0.15, -0.1) is 0 Å². The number of nitriles is 1. The molecule has 62 heavy (non-hydrogen) atoms. The predicted octanol–water partition coefficient (Wildman–Crippen LogP) is 6.17. The Labute approximate surface area is 340 Å². The maximum Gasteiger partial charge on any atom is 0.490 e. The minimum absolute atomic E-state index is 0.0144. The Kier molecular flexibility index (Phi) is 16.2. The fraction of sp³-hybridized carbons (Fsp3) is 0.471. The SMILES string of the molecule is CNCc1cc(O[C@H]2CC[C@@H](N3CC(CC#N)(n4cc(-c5ncnc6[nH]ccc56)cn4)C3)CC2)nc(C(F)(F)F)c1.O=C(O)C(F)(F)F.O=C(O)C(F)(F)F.O=C(O)C(F)(F)F. The van der Waals surface area contributed by atoms with Crippen LogP contribution in [0.25, 0.3) is 22.3 Å². The van der Waals surface area contributed by atoms with E-state index in [1.54, 1.807) is 19.3 Å². The van der Waals surface area contributed by atoms with Crippen LogP contribution in [0.2, 0.25) is 0 Å². The number of pyridine rings is 1. The van der Waals surface area contributed by atoms with E-state index in [2.05, 4.69) is 41.3 Å². The smallest absolute Gasteiger partial charge is 0.475 e. The van der Waals surface area contributed by atoms with Gasteiger partial charge in [0.1, 0.15) is 29.3 Å². The molecule has 0 spiro atoms. The van der Waals surface area contributed by atoms with Gasteiger partial charge in [0, 0.05) is 55.1 Å². The van der Waals surface area contributed by atoms with E-state index in [9.17, 15) is 57.9 Å². The molecular weight excluding hydrogens is 874 g/mol. The van der Waals surface area contributed by atoms with E-state index in [0.29, 0.717) is 37.7 Å². The van der Waals surface area contributed by atoms with Crippen LogP contribution in [-0.4, -0.2) is 119 Å². The molecule has 0 unspecified atom stereocenters. The number of hydrogen-bond donors (Lipinski definition) is 5. The Morgan fingerprint density at radius 1 is 0.903 bits per heavy atom. The number of alkyl halides is 12. The van der Waals surface area contributed by atoms with E-state index in [1.807, 2.05) is 23.1 Å². The molecule has 0 bridgehead atoms. The Morgan fingerprint density at radius 2 is 1.45 bits per heavy atom. The predicted molar refractivity (Wildman–Crippen MR) is 185 cm³/mol. The van der Waals surface area contributed by atoms with Crippen LogP contribution in [0.1, 0.15) is 43.4 Å². The molecule has 0 aromatic carbocycles. The number of fused-ring (bicyclic) bond motifs is 1. The number of carbonyl (C=O) groups is 3. The Bertz CT molecular complexity index is 2130. The van der Waals surface area contributed by atoms with Crippen LogP contribution < -0.4 is 10.1 Å². The molecule has 5 heterocycles. The highest BCUT2D eigenvalue weighted by Crippen LogP contribution is 2.39. The molecule has 16 nitrogen and oxygen atoms in total. The second-order valence-electron chi connectivity index (χ2n) is 13.3. The van der Waals surface area contributed by atoms with E-state index in [4.69, 9.17) is 34.4 Å². The van der Waals surface area contributed by atoms with Crippen LogP contribution in [0.3, 0.4) is 0 Å². The molecular formula is C34H33F12N9O7. The second kappa shape index (κ2) is 20.1. The summed E-state index contributed by atoms with van der Waals surface area (Å²) in [6.07, 6.45) is -9.41. The Hall–Kier alpha value is -6.24. The fourth-order valence-electron chi connectivity index (χ4n) is 6.03. The number of likely N-dealkylation sites (tertiary alicyclic amines) is 1. The molecule has 1 aliphatic heterocycles. The normalized spacial score (nSPS) is 17.7. The molecule has 1 saturated carbocycles. The summed E-state index contributed by atoms with van der Waals surface area (Å²) in [6.45, 7) is 1.69. The largest absolute Gasteiger partial charge is 0.490 e. The number of carboxylic acid groups (broad SMARTS) is 3. The van der Waals surface area contributed by atoms with E-state index < -0.39 is 53.8 Å². The molecule has 4 aromatic heterocycles. The van der Waals surface area contributed by atoms with Crippen molar-refractivity contribution in [1.82, 2.24) is 39.9 Å². The van der Waals surface area contributed by atoms with Crippen molar-refractivity contribution in [2.24, 2.45) is 0 Å². The van der Waals surface area contributed by atoms with Crippen molar-refractivity contribution in [2.75, 3.05) is 20.1 Å². The summed E-state index contributed by atoms with van der Waals surface area (Å²) in [5.41, 5.74) is 1.53. The summed E-state index contributed by atoms with van der Waals surface area (Å²) in [5, 5.41) is 39.4. The molecule has 2 fully saturated rings. The summed E-state index contributed by atoms with van der Waals surface area (Å²) >= 11 is 0. The Balaban J connectivity index is 0.000000403.